The van der Waals surface area contributed by atoms with Crippen molar-refractivity contribution < 1.29 is 24.1 Å². The Bertz CT molecular complexity index is 278. The summed E-state index contributed by atoms with van der Waals surface area (Å²) in [7, 11) is 1.54. The predicted molar refractivity (Wildman–Crippen MR) is 55.7 cm³/mol. The van der Waals surface area contributed by atoms with Gasteiger partial charge in [0.25, 0.3) is 0 Å². The van der Waals surface area contributed by atoms with Gasteiger partial charge in [-0.25, -0.2) is 0 Å². The Morgan fingerprint density at radius 3 is 2.56 bits per heavy atom. The average molecular weight is 230 g/mol. The highest BCUT2D eigenvalue weighted by Gasteiger charge is 2.56. The molecule has 1 N–H and O–H groups in total. The van der Waals surface area contributed by atoms with E-state index in [2.05, 4.69) is 6.58 Å². The van der Waals surface area contributed by atoms with Gasteiger partial charge in [0.15, 0.2) is 12.1 Å². The third kappa shape index (κ3) is 1.89. The van der Waals surface area contributed by atoms with Crippen molar-refractivity contribution in [2.24, 2.45) is 0 Å². The summed E-state index contributed by atoms with van der Waals surface area (Å²) in [6.45, 7) is 7.20. The smallest absolute Gasteiger partial charge is 0.186 e. The number of ether oxygens (including phenoxy) is 4. The fraction of sp³-hybridized carbons (Fsp3) is 0.818. The lowest BCUT2D eigenvalue weighted by molar-refractivity contribution is -0.234. The molecule has 2 rings (SSSR count). The minimum atomic E-state index is -0.787. The van der Waals surface area contributed by atoms with Crippen molar-refractivity contribution in [2.75, 3.05) is 7.11 Å². The van der Waals surface area contributed by atoms with Crippen LogP contribution in [0.2, 0.25) is 0 Å². The molecule has 0 aromatic carbocycles. The van der Waals surface area contributed by atoms with Crippen molar-refractivity contribution in [1.29, 1.82) is 0 Å². The van der Waals surface area contributed by atoms with Crippen molar-refractivity contribution in [3.63, 3.8) is 0 Å². The molecule has 0 unspecified atom stereocenters. The maximum Gasteiger partial charge on any atom is 0.186 e. The standard InChI is InChI=1S/C11H18O5/c1-5-6(12)7-8-9(10(13-4)14-7)16-11(2,3)15-8/h5-10,12H,1H2,2-4H3/t6-,7-,8-,9-,10-/m1/s1. The Balaban J connectivity index is 2.17. The highest BCUT2D eigenvalue weighted by Crippen LogP contribution is 2.39. The number of fused-ring (bicyclic) bond motifs is 1. The molecule has 5 nitrogen and oxygen atoms in total. The molecule has 0 saturated carbocycles. The summed E-state index contributed by atoms with van der Waals surface area (Å²) in [5, 5.41) is 9.75. The molecule has 0 aliphatic carbocycles. The van der Waals surface area contributed by atoms with Crippen LogP contribution in [0.15, 0.2) is 12.7 Å². The monoisotopic (exact) mass is 230 g/mol. The average Bonchev–Trinajstić information content (AvgIpc) is 2.69. The van der Waals surface area contributed by atoms with Gasteiger partial charge in [-0.05, 0) is 13.8 Å². The lowest BCUT2D eigenvalue weighted by Crippen LogP contribution is -2.37. The van der Waals surface area contributed by atoms with Gasteiger partial charge in [-0.1, -0.05) is 6.08 Å². The van der Waals surface area contributed by atoms with Gasteiger partial charge < -0.3 is 24.1 Å². The molecular formula is C11H18O5. The Morgan fingerprint density at radius 2 is 2.00 bits per heavy atom. The SMILES string of the molecule is C=C[C@@H](O)[C@H]1O[C@@H](OC)[C@@H]2OC(C)(C)O[C@@H]21. The second kappa shape index (κ2) is 4.09. The lowest BCUT2D eigenvalue weighted by Gasteiger charge is -2.24. The Labute approximate surface area is 94.9 Å². The van der Waals surface area contributed by atoms with Gasteiger partial charge >= 0.3 is 0 Å². The molecule has 0 spiro atoms. The van der Waals surface area contributed by atoms with E-state index in [9.17, 15) is 5.11 Å². The van der Waals surface area contributed by atoms with Gasteiger partial charge in [0, 0.05) is 7.11 Å². The van der Waals surface area contributed by atoms with Gasteiger partial charge in [0.1, 0.15) is 24.4 Å². The molecule has 5 atom stereocenters. The third-order valence-corrected chi connectivity index (χ3v) is 2.86. The minimum Gasteiger partial charge on any atom is -0.386 e. The molecule has 2 fully saturated rings. The van der Waals surface area contributed by atoms with E-state index in [1.54, 1.807) is 7.11 Å². The van der Waals surface area contributed by atoms with Crippen molar-refractivity contribution in [3.05, 3.63) is 12.7 Å². The zero-order valence-electron chi connectivity index (χ0n) is 9.75. The molecule has 2 heterocycles. The van der Waals surface area contributed by atoms with E-state index in [-0.39, 0.29) is 12.2 Å². The zero-order chi connectivity index (χ0) is 11.9. The van der Waals surface area contributed by atoms with Crippen LogP contribution < -0.4 is 0 Å². The molecule has 0 aromatic rings. The molecule has 5 heteroatoms. The van der Waals surface area contributed by atoms with E-state index in [1.165, 1.54) is 6.08 Å². The van der Waals surface area contributed by atoms with E-state index < -0.39 is 24.3 Å². The van der Waals surface area contributed by atoms with Crippen molar-refractivity contribution in [3.8, 4) is 0 Å². The van der Waals surface area contributed by atoms with E-state index in [1.807, 2.05) is 13.8 Å². The Kier molecular flexibility index (Phi) is 3.07. The molecule has 0 amide bonds. The van der Waals surface area contributed by atoms with Crippen LogP contribution in [0.3, 0.4) is 0 Å². The second-order valence-electron chi connectivity index (χ2n) is 4.50. The van der Waals surface area contributed by atoms with Gasteiger partial charge in [0.05, 0.1) is 0 Å². The highest BCUT2D eigenvalue weighted by molar-refractivity contribution is 5.01. The van der Waals surface area contributed by atoms with Gasteiger partial charge in [-0.15, -0.1) is 6.58 Å². The first-order valence-corrected chi connectivity index (χ1v) is 5.33. The number of hydrogen-bond donors (Lipinski definition) is 1. The minimum absolute atomic E-state index is 0.306. The first kappa shape index (κ1) is 12.0. The maximum atomic E-state index is 9.75. The van der Waals surface area contributed by atoms with Crippen LogP contribution >= 0.6 is 0 Å². The summed E-state index contributed by atoms with van der Waals surface area (Å²) in [6, 6.07) is 0. The van der Waals surface area contributed by atoms with Gasteiger partial charge in [0.2, 0.25) is 0 Å². The first-order chi connectivity index (χ1) is 7.48. The summed E-state index contributed by atoms with van der Waals surface area (Å²) < 4.78 is 22.1. The topological polar surface area (TPSA) is 57.2 Å². The van der Waals surface area contributed by atoms with Gasteiger partial charge in [-0.2, -0.15) is 0 Å². The molecule has 2 aliphatic rings. The fourth-order valence-corrected chi connectivity index (χ4v) is 2.19. The molecule has 2 saturated heterocycles. The van der Waals surface area contributed by atoms with E-state index in [0.717, 1.165) is 0 Å². The maximum absolute atomic E-state index is 9.75. The summed E-state index contributed by atoms with van der Waals surface area (Å²) in [6.07, 6.45) is -0.993. The number of aliphatic hydroxyl groups is 1. The number of aliphatic hydroxyl groups excluding tert-OH is 1. The van der Waals surface area contributed by atoms with E-state index >= 15 is 0 Å². The largest absolute Gasteiger partial charge is 0.386 e. The Hall–Kier alpha value is -0.460. The van der Waals surface area contributed by atoms with Crippen molar-refractivity contribution in [1.82, 2.24) is 0 Å². The first-order valence-electron chi connectivity index (χ1n) is 5.33. The molecule has 0 radical (unpaired) electrons. The van der Waals surface area contributed by atoms with E-state index in [0.29, 0.717) is 0 Å². The lowest BCUT2D eigenvalue weighted by atomic mass is 10.1. The second-order valence-corrected chi connectivity index (χ2v) is 4.50. The quantitative estimate of drug-likeness (QED) is 0.712. The molecule has 0 aromatic heterocycles. The number of hydrogen-bond acceptors (Lipinski definition) is 5. The van der Waals surface area contributed by atoms with Gasteiger partial charge in [-0.3, -0.25) is 0 Å². The van der Waals surface area contributed by atoms with Crippen LogP contribution in [0.25, 0.3) is 0 Å². The van der Waals surface area contributed by atoms with Crippen LogP contribution in [0, 0.1) is 0 Å². The van der Waals surface area contributed by atoms with Crippen LogP contribution in [0.5, 0.6) is 0 Å². The Morgan fingerprint density at radius 1 is 1.38 bits per heavy atom. The van der Waals surface area contributed by atoms with Crippen LogP contribution in [0.4, 0.5) is 0 Å². The predicted octanol–water partition coefficient (Wildman–Crippen LogP) is 0.425. The number of rotatable bonds is 3. The third-order valence-electron chi connectivity index (χ3n) is 2.86. The molecule has 2 aliphatic heterocycles. The fourth-order valence-electron chi connectivity index (χ4n) is 2.19. The van der Waals surface area contributed by atoms with Crippen LogP contribution in [0.1, 0.15) is 13.8 Å². The summed E-state index contributed by atoms with van der Waals surface area (Å²) in [4.78, 5) is 0. The molecule has 16 heavy (non-hydrogen) atoms. The summed E-state index contributed by atoms with van der Waals surface area (Å²) in [5.74, 6) is -0.672. The zero-order valence-corrected chi connectivity index (χ0v) is 9.75. The van der Waals surface area contributed by atoms with Crippen LogP contribution in [-0.4, -0.2) is 48.7 Å². The number of methoxy groups -OCH3 is 1. The van der Waals surface area contributed by atoms with Crippen molar-refractivity contribution >= 4 is 0 Å². The highest BCUT2D eigenvalue weighted by atomic mass is 16.8. The summed E-state index contributed by atoms with van der Waals surface area (Å²) >= 11 is 0. The molecular weight excluding hydrogens is 212 g/mol. The van der Waals surface area contributed by atoms with Crippen LogP contribution in [-0.2, 0) is 18.9 Å². The van der Waals surface area contributed by atoms with E-state index in [4.69, 9.17) is 18.9 Å². The molecule has 0 bridgehead atoms. The van der Waals surface area contributed by atoms with Crippen molar-refractivity contribution in [2.45, 2.75) is 50.3 Å². The molecule has 92 valence electrons. The summed E-state index contributed by atoms with van der Waals surface area (Å²) in [5.41, 5.74) is 0. The normalized spacial score (nSPS) is 43.0.